The van der Waals surface area contributed by atoms with Crippen LogP contribution in [0.15, 0.2) is 48.5 Å². The number of benzene rings is 2. The lowest BCUT2D eigenvalue weighted by Crippen LogP contribution is -2.59. The number of ether oxygens (including phenoxy) is 1. The molecule has 2 aliphatic rings. The largest absolute Gasteiger partial charge is 0.378 e. The normalized spacial score (nSPS) is 19.8. The van der Waals surface area contributed by atoms with E-state index in [4.69, 9.17) is 4.74 Å². The van der Waals surface area contributed by atoms with Gasteiger partial charge in [-0.15, -0.1) is 0 Å². The van der Waals surface area contributed by atoms with Crippen LogP contribution in [-0.2, 0) is 4.74 Å². The molecule has 2 fully saturated rings. The smallest absolute Gasteiger partial charge is 0.256 e. The molecule has 2 saturated heterocycles. The fraction of sp³-hybridized carbons (Fsp3) is 0.364. The average molecular weight is 379 g/mol. The van der Waals surface area contributed by atoms with E-state index in [1.165, 1.54) is 0 Å². The van der Waals surface area contributed by atoms with E-state index in [1.807, 2.05) is 42.2 Å². The van der Waals surface area contributed by atoms with Gasteiger partial charge in [-0.3, -0.25) is 14.5 Å². The Balaban J connectivity index is 1.51. The summed E-state index contributed by atoms with van der Waals surface area (Å²) in [5.41, 5.74) is 2.66. The molecule has 2 heterocycles. The van der Waals surface area contributed by atoms with Crippen LogP contribution in [0.4, 0.5) is 5.69 Å². The first-order valence-electron chi connectivity index (χ1n) is 9.70. The maximum Gasteiger partial charge on any atom is 0.256 e. The molecule has 0 radical (unpaired) electrons. The van der Waals surface area contributed by atoms with Gasteiger partial charge in [0.2, 0.25) is 0 Å². The molecule has 2 aromatic carbocycles. The quantitative estimate of drug-likeness (QED) is 0.890. The summed E-state index contributed by atoms with van der Waals surface area (Å²) >= 11 is 0. The minimum Gasteiger partial charge on any atom is -0.378 e. The molecule has 1 atom stereocenters. The maximum absolute atomic E-state index is 13.2. The number of amides is 2. The third-order valence-electron chi connectivity index (χ3n) is 5.41. The molecule has 0 aromatic heterocycles. The molecule has 4 rings (SSSR count). The Bertz CT molecular complexity index is 883. The number of aryl methyl sites for hydroxylation is 1. The number of morpholine rings is 1. The Morgan fingerprint density at radius 1 is 1.07 bits per heavy atom. The summed E-state index contributed by atoms with van der Waals surface area (Å²) in [6, 6.07) is 14.9. The van der Waals surface area contributed by atoms with Crippen molar-refractivity contribution >= 4 is 17.5 Å². The number of hydrogen-bond donors (Lipinski definition) is 1. The van der Waals surface area contributed by atoms with Crippen molar-refractivity contribution in [3.63, 3.8) is 0 Å². The number of hydrogen-bond acceptors (Lipinski definition) is 4. The number of piperazine rings is 1. The van der Waals surface area contributed by atoms with Crippen LogP contribution in [0.5, 0.6) is 0 Å². The first-order chi connectivity index (χ1) is 13.6. The molecule has 2 amide bonds. The zero-order chi connectivity index (χ0) is 19.5. The molecule has 1 unspecified atom stereocenters. The van der Waals surface area contributed by atoms with Crippen LogP contribution in [0, 0.1) is 6.92 Å². The summed E-state index contributed by atoms with van der Waals surface area (Å²) in [6.07, 6.45) is 0. The number of carbonyl (C=O) groups is 2. The number of para-hydroxylation sites is 1. The van der Waals surface area contributed by atoms with E-state index >= 15 is 0 Å². The molecule has 6 heteroatoms. The molecule has 0 saturated carbocycles. The van der Waals surface area contributed by atoms with E-state index < -0.39 is 0 Å². The number of anilines is 1. The van der Waals surface area contributed by atoms with Crippen LogP contribution in [0.2, 0.25) is 0 Å². The zero-order valence-corrected chi connectivity index (χ0v) is 16.1. The highest BCUT2D eigenvalue weighted by molar-refractivity contribution is 6.09. The van der Waals surface area contributed by atoms with Crippen molar-refractivity contribution in [3.05, 3.63) is 65.2 Å². The topological polar surface area (TPSA) is 61.9 Å². The number of carbonyl (C=O) groups excluding carboxylic acids is 2. The number of nitrogens with zero attached hydrogens (tertiary/aromatic N) is 2. The monoisotopic (exact) mass is 379 g/mol. The zero-order valence-electron chi connectivity index (χ0n) is 16.1. The van der Waals surface area contributed by atoms with E-state index in [2.05, 4.69) is 10.2 Å². The molecule has 2 aromatic rings. The van der Waals surface area contributed by atoms with Gasteiger partial charge in [-0.05, 0) is 31.2 Å². The predicted molar refractivity (Wildman–Crippen MR) is 108 cm³/mol. The molecule has 1 N–H and O–H groups in total. The fourth-order valence-corrected chi connectivity index (χ4v) is 3.86. The third-order valence-corrected chi connectivity index (χ3v) is 5.41. The highest BCUT2D eigenvalue weighted by Gasteiger charge is 2.32. The van der Waals surface area contributed by atoms with Gasteiger partial charge in [0.15, 0.2) is 0 Å². The lowest BCUT2D eigenvalue weighted by Gasteiger charge is -2.43. The summed E-state index contributed by atoms with van der Waals surface area (Å²) in [6.45, 7) is 6.50. The molecule has 0 bridgehead atoms. The van der Waals surface area contributed by atoms with Crippen LogP contribution < -0.4 is 5.32 Å². The summed E-state index contributed by atoms with van der Waals surface area (Å²) < 4.78 is 5.57. The van der Waals surface area contributed by atoms with Gasteiger partial charge >= 0.3 is 0 Å². The Hall–Kier alpha value is -2.70. The Morgan fingerprint density at radius 3 is 2.79 bits per heavy atom. The van der Waals surface area contributed by atoms with Crippen molar-refractivity contribution in [2.24, 2.45) is 0 Å². The lowest BCUT2D eigenvalue weighted by molar-refractivity contribution is -0.0394. The van der Waals surface area contributed by atoms with Gasteiger partial charge in [0.25, 0.3) is 11.8 Å². The second kappa shape index (κ2) is 8.12. The molecule has 28 heavy (non-hydrogen) atoms. The van der Waals surface area contributed by atoms with Crippen molar-refractivity contribution in [3.8, 4) is 0 Å². The van der Waals surface area contributed by atoms with Crippen LogP contribution in [0.25, 0.3) is 0 Å². The van der Waals surface area contributed by atoms with E-state index in [9.17, 15) is 9.59 Å². The second-order valence-electron chi connectivity index (χ2n) is 7.39. The van der Waals surface area contributed by atoms with Crippen molar-refractivity contribution < 1.29 is 14.3 Å². The summed E-state index contributed by atoms with van der Waals surface area (Å²) in [5, 5.41) is 2.91. The summed E-state index contributed by atoms with van der Waals surface area (Å²) in [4.78, 5) is 30.1. The van der Waals surface area contributed by atoms with Crippen LogP contribution in [-0.4, -0.2) is 67.0 Å². The highest BCUT2D eigenvalue weighted by atomic mass is 16.5. The molecular formula is C22H25N3O3. The number of nitrogens with one attached hydrogen (secondary N) is 1. The van der Waals surface area contributed by atoms with Crippen LogP contribution in [0.3, 0.4) is 0 Å². The molecular weight excluding hydrogens is 354 g/mol. The van der Waals surface area contributed by atoms with Crippen LogP contribution in [0.1, 0.15) is 26.3 Å². The van der Waals surface area contributed by atoms with Gasteiger partial charge in [-0.1, -0.05) is 29.8 Å². The van der Waals surface area contributed by atoms with E-state index in [0.717, 1.165) is 25.3 Å². The van der Waals surface area contributed by atoms with Gasteiger partial charge in [0.05, 0.1) is 30.5 Å². The van der Waals surface area contributed by atoms with E-state index in [-0.39, 0.29) is 17.9 Å². The summed E-state index contributed by atoms with van der Waals surface area (Å²) in [7, 11) is 0. The van der Waals surface area contributed by atoms with Gasteiger partial charge in [0, 0.05) is 31.7 Å². The molecule has 0 spiro atoms. The molecule has 0 aliphatic carbocycles. The number of fused-ring (bicyclic) bond motifs is 1. The first-order valence-corrected chi connectivity index (χ1v) is 9.70. The average Bonchev–Trinajstić information content (AvgIpc) is 2.73. The van der Waals surface area contributed by atoms with E-state index in [1.54, 1.807) is 18.2 Å². The van der Waals surface area contributed by atoms with Crippen molar-refractivity contribution in [2.45, 2.75) is 13.0 Å². The predicted octanol–water partition coefficient (Wildman–Crippen LogP) is 2.40. The van der Waals surface area contributed by atoms with Crippen LogP contribution >= 0.6 is 0 Å². The van der Waals surface area contributed by atoms with Gasteiger partial charge in [-0.2, -0.15) is 0 Å². The fourth-order valence-electron chi connectivity index (χ4n) is 3.86. The maximum atomic E-state index is 13.2. The second-order valence-corrected chi connectivity index (χ2v) is 7.39. The minimum atomic E-state index is -0.213. The van der Waals surface area contributed by atoms with Crippen molar-refractivity contribution in [1.82, 2.24) is 9.80 Å². The SMILES string of the molecule is Cc1cccc(C(=O)Nc2ccccc2C(=O)N2CCN3CCOCC3C2)c1. The minimum absolute atomic E-state index is 0.0506. The Morgan fingerprint density at radius 2 is 1.93 bits per heavy atom. The third kappa shape index (κ3) is 3.93. The van der Waals surface area contributed by atoms with Crippen molar-refractivity contribution in [2.75, 3.05) is 44.7 Å². The molecule has 6 nitrogen and oxygen atoms in total. The Labute approximate surface area is 165 Å². The standard InChI is InChI=1S/C22H25N3O3/c1-16-5-4-6-17(13-16)21(26)23-20-8-3-2-7-19(20)22(27)25-10-9-24-11-12-28-15-18(24)14-25/h2-8,13,18H,9-12,14-15H2,1H3,(H,23,26). The van der Waals surface area contributed by atoms with Gasteiger partial charge < -0.3 is 15.0 Å². The first kappa shape index (κ1) is 18.7. The van der Waals surface area contributed by atoms with Gasteiger partial charge in [-0.25, -0.2) is 0 Å². The lowest BCUT2D eigenvalue weighted by atomic mass is 10.1. The molecule has 146 valence electrons. The van der Waals surface area contributed by atoms with E-state index in [0.29, 0.717) is 36.5 Å². The molecule has 2 aliphatic heterocycles. The summed E-state index contributed by atoms with van der Waals surface area (Å²) in [5.74, 6) is -0.264. The van der Waals surface area contributed by atoms with Crippen molar-refractivity contribution in [1.29, 1.82) is 0 Å². The number of rotatable bonds is 3. The highest BCUT2D eigenvalue weighted by Crippen LogP contribution is 2.21. The Kier molecular flexibility index (Phi) is 5.41. The van der Waals surface area contributed by atoms with Gasteiger partial charge in [0.1, 0.15) is 0 Å².